The van der Waals surface area contributed by atoms with Gasteiger partial charge in [-0.1, -0.05) is 19.0 Å². The monoisotopic (exact) mass is 376 g/mol. The molecule has 146 valence electrons. The van der Waals surface area contributed by atoms with E-state index < -0.39 is 11.9 Å². The van der Waals surface area contributed by atoms with Crippen LogP contribution in [0.1, 0.15) is 37.8 Å². The maximum atomic E-state index is 13.1. The fraction of sp³-hybridized carbons (Fsp3) is 0.474. The molecule has 1 amide bonds. The molecule has 8 heteroatoms. The van der Waals surface area contributed by atoms with Crippen molar-refractivity contribution in [3.05, 3.63) is 35.9 Å². The molecule has 2 aromatic rings. The Hall–Kier alpha value is -2.61. The first-order valence-electron chi connectivity index (χ1n) is 8.88. The Balaban J connectivity index is 2.28. The first kappa shape index (κ1) is 20.7. The van der Waals surface area contributed by atoms with E-state index in [1.165, 1.54) is 29.2 Å². The Kier molecular flexibility index (Phi) is 7.18. The van der Waals surface area contributed by atoms with Crippen molar-refractivity contribution < 1.29 is 18.5 Å². The van der Waals surface area contributed by atoms with E-state index in [0.29, 0.717) is 18.5 Å². The summed E-state index contributed by atoms with van der Waals surface area (Å²) in [6, 6.07) is 4.92. The van der Waals surface area contributed by atoms with Crippen LogP contribution in [0.4, 0.5) is 4.39 Å². The molecule has 1 aromatic heterocycles. The molecule has 7 nitrogen and oxygen atoms in total. The Morgan fingerprint density at radius 2 is 1.96 bits per heavy atom. The highest BCUT2D eigenvalue weighted by Crippen LogP contribution is 2.19. The van der Waals surface area contributed by atoms with Crippen molar-refractivity contribution in [1.29, 1.82) is 0 Å². The molecule has 0 saturated heterocycles. The van der Waals surface area contributed by atoms with Crippen LogP contribution in [0, 0.1) is 11.7 Å². The molecule has 0 spiro atoms. The van der Waals surface area contributed by atoms with Crippen molar-refractivity contribution in [2.75, 3.05) is 13.6 Å². The average molecular weight is 376 g/mol. The van der Waals surface area contributed by atoms with Gasteiger partial charge in [-0.15, -0.1) is 0 Å². The van der Waals surface area contributed by atoms with E-state index in [1.807, 2.05) is 20.8 Å². The average Bonchev–Trinajstić information content (AvgIpc) is 3.14. The molecule has 0 aliphatic rings. The quantitative estimate of drug-likeness (QED) is 0.677. The van der Waals surface area contributed by atoms with Gasteiger partial charge < -0.3 is 19.5 Å². The molecule has 2 rings (SSSR count). The van der Waals surface area contributed by atoms with Gasteiger partial charge in [0.15, 0.2) is 0 Å². The molecular formula is C19H25FN4O3. The molecule has 0 radical (unpaired) electrons. The molecule has 27 heavy (non-hydrogen) atoms. The third-order valence-electron chi connectivity index (χ3n) is 4.20. The van der Waals surface area contributed by atoms with Crippen LogP contribution in [-0.2, 0) is 4.79 Å². The number of hydrogen-bond donors (Lipinski definition) is 1. The lowest BCUT2D eigenvalue weighted by molar-refractivity contribution is -0.112. The predicted molar refractivity (Wildman–Crippen MR) is 98.6 cm³/mol. The lowest BCUT2D eigenvalue weighted by atomic mass is 10.0. The van der Waals surface area contributed by atoms with E-state index in [0.717, 1.165) is 6.29 Å². The highest BCUT2D eigenvalue weighted by Gasteiger charge is 2.29. The number of aromatic nitrogens is 2. The van der Waals surface area contributed by atoms with Crippen LogP contribution in [0.2, 0.25) is 0 Å². The lowest BCUT2D eigenvalue weighted by Crippen LogP contribution is -2.48. The minimum atomic E-state index is -0.582. The predicted octanol–water partition coefficient (Wildman–Crippen LogP) is 2.54. The SMILES string of the molecule is CNC(C)CN(C(=O)c1noc(-c2ccc(F)cc2)n1)C(C=O)CC(C)C. The van der Waals surface area contributed by atoms with Crippen LogP contribution in [0.25, 0.3) is 11.5 Å². The van der Waals surface area contributed by atoms with Gasteiger partial charge in [-0.05, 0) is 50.6 Å². The zero-order chi connectivity index (χ0) is 20.0. The van der Waals surface area contributed by atoms with Gasteiger partial charge in [0.25, 0.3) is 17.6 Å². The van der Waals surface area contributed by atoms with E-state index >= 15 is 0 Å². The number of nitrogens with zero attached hydrogens (tertiary/aromatic N) is 3. The molecule has 0 saturated carbocycles. The summed E-state index contributed by atoms with van der Waals surface area (Å²) in [5.74, 6) is -0.642. The molecule has 1 N–H and O–H groups in total. The molecular weight excluding hydrogens is 351 g/mol. The summed E-state index contributed by atoms with van der Waals surface area (Å²) in [5.41, 5.74) is 0.507. The number of carbonyl (C=O) groups is 2. The zero-order valence-electron chi connectivity index (χ0n) is 16.0. The molecule has 0 aliphatic carbocycles. The van der Waals surface area contributed by atoms with E-state index in [1.54, 1.807) is 7.05 Å². The number of nitrogens with one attached hydrogen (secondary N) is 1. The van der Waals surface area contributed by atoms with Crippen LogP contribution in [0.15, 0.2) is 28.8 Å². The first-order valence-corrected chi connectivity index (χ1v) is 8.88. The fourth-order valence-corrected chi connectivity index (χ4v) is 2.64. The van der Waals surface area contributed by atoms with Crippen LogP contribution in [0.3, 0.4) is 0 Å². The minimum Gasteiger partial charge on any atom is -0.333 e. The second-order valence-electron chi connectivity index (χ2n) is 6.91. The van der Waals surface area contributed by atoms with Crippen molar-refractivity contribution in [3.8, 4) is 11.5 Å². The summed E-state index contributed by atoms with van der Waals surface area (Å²) >= 11 is 0. The number of likely N-dealkylation sites (N-methyl/N-ethyl adjacent to an activating group) is 1. The molecule has 1 aromatic carbocycles. The Bertz CT molecular complexity index is 761. The van der Waals surface area contributed by atoms with E-state index in [9.17, 15) is 14.0 Å². The molecule has 0 bridgehead atoms. The molecule has 2 atom stereocenters. The highest BCUT2D eigenvalue weighted by atomic mass is 19.1. The van der Waals surface area contributed by atoms with E-state index in [2.05, 4.69) is 15.5 Å². The summed E-state index contributed by atoms with van der Waals surface area (Å²) in [6.07, 6.45) is 1.32. The van der Waals surface area contributed by atoms with E-state index in [-0.39, 0.29) is 29.5 Å². The van der Waals surface area contributed by atoms with Gasteiger partial charge in [-0.3, -0.25) is 4.79 Å². The third-order valence-corrected chi connectivity index (χ3v) is 4.20. The van der Waals surface area contributed by atoms with Crippen molar-refractivity contribution in [2.45, 2.75) is 39.3 Å². The van der Waals surface area contributed by atoms with Gasteiger partial charge in [0.05, 0.1) is 6.04 Å². The van der Waals surface area contributed by atoms with Gasteiger partial charge >= 0.3 is 0 Å². The van der Waals surface area contributed by atoms with Gasteiger partial charge in [0.2, 0.25) is 0 Å². The van der Waals surface area contributed by atoms with Gasteiger partial charge in [0, 0.05) is 18.2 Å². The lowest BCUT2D eigenvalue weighted by Gasteiger charge is -2.30. The third kappa shape index (κ3) is 5.43. The van der Waals surface area contributed by atoms with Crippen molar-refractivity contribution in [3.63, 3.8) is 0 Å². The number of carbonyl (C=O) groups excluding carboxylic acids is 2. The number of benzene rings is 1. The van der Waals surface area contributed by atoms with E-state index in [4.69, 9.17) is 4.52 Å². The Morgan fingerprint density at radius 3 is 2.52 bits per heavy atom. The zero-order valence-corrected chi connectivity index (χ0v) is 16.0. The van der Waals surface area contributed by atoms with Crippen LogP contribution < -0.4 is 5.32 Å². The second-order valence-corrected chi connectivity index (χ2v) is 6.91. The molecule has 1 heterocycles. The maximum absolute atomic E-state index is 13.1. The topological polar surface area (TPSA) is 88.3 Å². The summed E-state index contributed by atoms with van der Waals surface area (Å²) < 4.78 is 18.2. The number of aldehydes is 1. The number of amides is 1. The van der Waals surface area contributed by atoms with Gasteiger partial charge in [0.1, 0.15) is 12.1 Å². The molecule has 0 fully saturated rings. The Morgan fingerprint density at radius 1 is 1.30 bits per heavy atom. The Labute approximate surface area is 157 Å². The molecule has 0 aliphatic heterocycles. The number of hydrogen-bond acceptors (Lipinski definition) is 6. The molecule has 2 unspecified atom stereocenters. The van der Waals surface area contributed by atoms with Crippen LogP contribution in [0.5, 0.6) is 0 Å². The van der Waals surface area contributed by atoms with Crippen molar-refractivity contribution >= 4 is 12.2 Å². The summed E-state index contributed by atoms with van der Waals surface area (Å²) in [4.78, 5) is 30.2. The fourth-order valence-electron chi connectivity index (χ4n) is 2.64. The van der Waals surface area contributed by atoms with Crippen LogP contribution in [-0.4, -0.2) is 52.9 Å². The first-order chi connectivity index (χ1) is 12.8. The smallest absolute Gasteiger partial charge is 0.295 e. The van der Waals surface area contributed by atoms with Gasteiger partial charge in [-0.2, -0.15) is 4.98 Å². The summed E-state index contributed by atoms with van der Waals surface area (Å²) in [5, 5.41) is 6.82. The highest BCUT2D eigenvalue weighted by molar-refractivity contribution is 5.92. The largest absolute Gasteiger partial charge is 0.333 e. The standard InChI is InChI=1S/C19H25FN4O3/c1-12(2)9-16(11-25)24(10-13(3)21-4)19(26)17-22-18(27-23-17)14-5-7-15(20)8-6-14/h5-8,11-13,16,21H,9-10H2,1-4H3. The number of halogens is 1. The minimum absolute atomic E-state index is 0.0213. The normalized spacial score (nSPS) is 13.4. The second kappa shape index (κ2) is 9.36. The summed E-state index contributed by atoms with van der Waals surface area (Å²) in [6.45, 7) is 6.22. The van der Waals surface area contributed by atoms with Crippen LogP contribution >= 0.6 is 0 Å². The number of rotatable bonds is 9. The van der Waals surface area contributed by atoms with Gasteiger partial charge in [-0.25, -0.2) is 4.39 Å². The maximum Gasteiger partial charge on any atom is 0.295 e. The van der Waals surface area contributed by atoms with Crippen molar-refractivity contribution in [2.24, 2.45) is 5.92 Å². The summed E-state index contributed by atoms with van der Waals surface area (Å²) in [7, 11) is 1.78. The van der Waals surface area contributed by atoms with Crippen molar-refractivity contribution in [1.82, 2.24) is 20.4 Å².